The topological polar surface area (TPSA) is 105 Å². The van der Waals surface area contributed by atoms with Crippen LogP contribution in [0.25, 0.3) is 22.0 Å². The van der Waals surface area contributed by atoms with Crippen molar-refractivity contribution < 1.29 is 19.6 Å². The Hall–Kier alpha value is -3.35. The predicted molar refractivity (Wildman–Crippen MR) is 114 cm³/mol. The molecule has 2 aromatic carbocycles. The van der Waals surface area contributed by atoms with E-state index in [1.54, 1.807) is 0 Å². The van der Waals surface area contributed by atoms with Gasteiger partial charge in [0.25, 0.3) is 0 Å². The Morgan fingerprint density at radius 1 is 1.17 bits per heavy atom. The van der Waals surface area contributed by atoms with E-state index in [9.17, 15) is 14.9 Å². The molecule has 3 aromatic rings. The van der Waals surface area contributed by atoms with E-state index in [1.165, 1.54) is 6.07 Å². The molecule has 156 valence electrons. The summed E-state index contributed by atoms with van der Waals surface area (Å²) < 4.78 is 6.24. The molecule has 1 aromatic heterocycles. The Balaban J connectivity index is 1.83. The van der Waals surface area contributed by atoms with Gasteiger partial charge < -0.3 is 14.8 Å². The van der Waals surface area contributed by atoms with Crippen molar-refractivity contribution in [2.24, 2.45) is 0 Å². The van der Waals surface area contributed by atoms with Crippen LogP contribution in [0.15, 0.2) is 42.6 Å². The molecule has 7 heteroatoms. The summed E-state index contributed by atoms with van der Waals surface area (Å²) in [6.07, 6.45) is 6.97. The van der Waals surface area contributed by atoms with E-state index in [0.29, 0.717) is 11.1 Å². The van der Waals surface area contributed by atoms with Crippen LogP contribution < -0.4 is 4.74 Å². The first-order valence-electron chi connectivity index (χ1n) is 10.3. The summed E-state index contributed by atoms with van der Waals surface area (Å²) in [5.41, 5.74) is 2.94. The lowest BCUT2D eigenvalue weighted by Gasteiger charge is -2.24. The zero-order valence-electron chi connectivity index (χ0n) is 16.6. The van der Waals surface area contributed by atoms with Gasteiger partial charge in [-0.3, -0.25) is 14.9 Å². The van der Waals surface area contributed by atoms with Gasteiger partial charge in [0.1, 0.15) is 0 Å². The lowest BCUT2D eigenvalue weighted by atomic mass is 9.95. The van der Waals surface area contributed by atoms with Gasteiger partial charge in [0, 0.05) is 29.8 Å². The Morgan fingerprint density at radius 2 is 1.97 bits per heavy atom. The number of fused-ring (bicyclic) bond motifs is 1. The summed E-state index contributed by atoms with van der Waals surface area (Å²) in [6.45, 7) is 0. The number of hydrogen-bond donors (Lipinski definition) is 2. The minimum Gasteiger partial charge on any atom is -0.483 e. The molecule has 4 rings (SSSR count). The van der Waals surface area contributed by atoms with Gasteiger partial charge in [0.15, 0.2) is 0 Å². The molecule has 1 aliphatic rings. The van der Waals surface area contributed by atoms with E-state index in [1.807, 2.05) is 36.5 Å². The number of hydrogen-bond acceptors (Lipinski definition) is 4. The van der Waals surface area contributed by atoms with Crippen molar-refractivity contribution in [1.29, 1.82) is 0 Å². The summed E-state index contributed by atoms with van der Waals surface area (Å²) >= 11 is 0. The van der Waals surface area contributed by atoms with Crippen LogP contribution in [0.5, 0.6) is 5.75 Å². The number of H-pyrrole nitrogens is 1. The molecule has 0 spiro atoms. The number of aryl methyl sites for hydroxylation is 1. The third kappa shape index (κ3) is 4.30. The van der Waals surface area contributed by atoms with Crippen molar-refractivity contribution in [2.45, 2.75) is 51.0 Å². The monoisotopic (exact) mass is 408 g/mol. The van der Waals surface area contributed by atoms with Gasteiger partial charge >= 0.3 is 11.7 Å². The molecule has 0 radical (unpaired) electrons. The fraction of sp³-hybridized carbons (Fsp3) is 0.348. The maximum absolute atomic E-state index is 11.9. The Labute approximate surface area is 173 Å². The van der Waals surface area contributed by atoms with Crippen molar-refractivity contribution >= 4 is 22.6 Å². The second kappa shape index (κ2) is 8.57. The number of aromatic amines is 1. The molecule has 30 heavy (non-hydrogen) atoms. The Bertz CT molecular complexity index is 1080. The number of carboxylic acids is 1. The van der Waals surface area contributed by atoms with Gasteiger partial charge in [-0.25, -0.2) is 0 Å². The zero-order valence-corrected chi connectivity index (χ0v) is 16.6. The second-order valence-electron chi connectivity index (χ2n) is 7.80. The third-order valence-corrected chi connectivity index (χ3v) is 5.65. The number of aromatic nitrogens is 1. The summed E-state index contributed by atoms with van der Waals surface area (Å²) in [6, 6.07) is 11.1. The molecule has 2 N–H and O–H groups in total. The smallest absolute Gasteiger partial charge is 0.311 e. The molecule has 0 amide bonds. The van der Waals surface area contributed by atoms with Gasteiger partial charge in [0.05, 0.1) is 11.0 Å². The highest BCUT2D eigenvalue weighted by Crippen LogP contribution is 2.42. The van der Waals surface area contributed by atoms with Gasteiger partial charge in [-0.05, 0) is 72.9 Å². The fourth-order valence-corrected chi connectivity index (χ4v) is 4.11. The van der Waals surface area contributed by atoms with E-state index >= 15 is 0 Å². The lowest BCUT2D eigenvalue weighted by molar-refractivity contribution is -0.386. The molecule has 0 atom stereocenters. The van der Waals surface area contributed by atoms with Crippen LogP contribution in [0.4, 0.5) is 5.69 Å². The first kappa shape index (κ1) is 19.9. The molecule has 1 aliphatic carbocycles. The van der Waals surface area contributed by atoms with Crippen LogP contribution in [0.2, 0.25) is 0 Å². The number of nitro benzene ring substituents is 1. The van der Waals surface area contributed by atoms with Crippen molar-refractivity contribution in [3.05, 3.63) is 58.3 Å². The van der Waals surface area contributed by atoms with Crippen molar-refractivity contribution in [3.8, 4) is 16.9 Å². The number of ether oxygens (including phenoxy) is 1. The average molecular weight is 408 g/mol. The molecule has 0 unspecified atom stereocenters. The molecule has 0 saturated heterocycles. The van der Waals surface area contributed by atoms with Crippen molar-refractivity contribution in [3.63, 3.8) is 0 Å². The van der Waals surface area contributed by atoms with E-state index in [2.05, 4.69) is 4.98 Å². The second-order valence-corrected chi connectivity index (χ2v) is 7.80. The molecular weight excluding hydrogens is 384 g/mol. The van der Waals surface area contributed by atoms with Crippen LogP contribution in [0, 0.1) is 10.1 Å². The summed E-state index contributed by atoms with van der Waals surface area (Å²) in [4.78, 5) is 25.7. The van der Waals surface area contributed by atoms with E-state index < -0.39 is 10.9 Å². The number of rotatable bonds is 7. The number of aliphatic carboxylic acids is 1. The van der Waals surface area contributed by atoms with E-state index in [0.717, 1.165) is 48.6 Å². The standard InChI is InChI=1S/C23H24N2O5/c26-22(27)9-6-15-12-19(16-7-8-20-17(14-16)10-11-24-20)23(21(13-15)25(28)29)30-18-4-2-1-3-5-18/h7-8,10-14,18,24H,1-6,9H2,(H,26,27). The highest BCUT2D eigenvalue weighted by Gasteiger charge is 2.26. The number of benzene rings is 2. The highest BCUT2D eigenvalue weighted by molar-refractivity contribution is 5.87. The molecular formula is C23H24N2O5. The maximum atomic E-state index is 11.9. The van der Waals surface area contributed by atoms with Crippen LogP contribution in [-0.4, -0.2) is 27.1 Å². The number of carbonyl (C=O) groups is 1. The molecule has 1 saturated carbocycles. The molecule has 1 fully saturated rings. The van der Waals surface area contributed by atoms with Gasteiger partial charge in [-0.1, -0.05) is 12.5 Å². The highest BCUT2D eigenvalue weighted by atomic mass is 16.6. The predicted octanol–water partition coefficient (Wildman–Crippen LogP) is 5.47. The summed E-state index contributed by atoms with van der Waals surface area (Å²) in [5, 5.41) is 22.0. The normalized spacial score (nSPS) is 14.7. The first-order chi connectivity index (χ1) is 14.5. The van der Waals surface area contributed by atoms with Crippen molar-refractivity contribution in [2.75, 3.05) is 0 Å². The quantitative estimate of drug-likeness (QED) is 0.398. The first-order valence-corrected chi connectivity index (χ1v) is 10.3. The average Bonchev–Trinajstić information content (AvgIpc) is 3.21. The number of nitrogens with zero attached hydrogens (tertiary/aromatic N) is 1. The van der Waals surface area contributed by atoms with Gasteiger partial charge in [-0.15, -0.1) is 0 Å². The molecule has 0 aliphatic heterocycles. The van der Waals surface area contributed by atoms with Gasteiger partial charge in [0.2, 0.25) is 5.75 Å². The zero-order chi connectivity index (χ0) is 21.1. The molecule has 0 bridgehead atoms. The lowest BCUT2D eigenvalue weighted by Crippen LogP contribution is -2.20. The van der Waals surface area contributed by atoms with E-state index in [-0.39, 0.29) is 30.4 Å². The maximum Gasteiger partial charge on any atom is 0.311 e. The SMILES string of the molecule is O=C(O)CCc1cc(-c2ccc3[nH]ccc3c2)c(OC2CCCCC2)c([N+](=O)[O-])c1. The minimum atomic E-state index is -0.935. The molecule has 1 heterocycles. The number of nitro groups is 1. The number of nitrogens with one attached hydrogen (secondary N) is 1. The molecule has 7 nitrogen and oxygen atoms in total. The number of carboxylic acid groups (broad SMARTS) is 1. The van der Waals surface area contributed by atoms with Crippen molar-refractivity contribution in [1.82, 2.24) is 4.98 Å². The van der Waals surface area contributed by atoms with Gasteiger partial charge in [-0.2, -0.15) is 0 Å². The van der Waals surface area contributed by atoms with Crippen LogP contribution in [0.1, 0.15) is 44.1 Å². The van der Waals surface area contributed by atoms with Crippen LogP contribution in [-0.2, 0) is 11.2 Å². The summed E-state index contributed by atoms with van der Waals surface area (Å²) in [7, 11) is 0. The largest absolute Gasteiger partial charge is 0.483 e. The summed E-state index contributed by atoms with van der Waals surface area (Å²) in [5.74, 6) is -0.656. The Morgan fingerprint density at radius 3 is 2.70 bits per heavy atom. The Kier molecular flexibility index (Phi) is 5.70. The van der Waals surface area contributed by atoms with Crippen LogP contribution in [0.3, 0.4) is 0 Å². The van der Waals surface area contributed by atoms with E-state index in [4.69, 9.17) is 9.84 Å². The van der Waals surface area contributed by atoms with Crippen LogP contribution >= 0.6 is 0 Å². The fourth-order valence-electron chi connectivity index (χ4n) is 4.11. The minimum absolute atomic E-state index is 0.0444. The third-order valence-electron chi connectivity index (χ3n) is 5.65.